The number of allylic oxidation sites excluding steroid dienone is 1. The quantitative estimate of drug-likeness (QED) is 0.806. The van der Waals surface area contributed by atoms with Crippen LogP contribution in [0.4, 0.5) is 0 Å². The lowest BCUT2D eigenvalue weighted by Gasteiger charge is -2.20. The summed E-state index contributed by atoms with van der Waals surface area (Å²) in [5, 5.41) is 1.21. The SMILES string of the molecule is CS(=O)(=O)/C=C/Cc1c(C2CCCC2)ccc(C(N)=O)c1OC1CC1. The molecular formula is C19H25NO4S. The van der Waals surface area contributed by atoms with Gasteiger partial charge in [0.15, 0.2) is 9.84 Å². The highest BCUT2D eigenvalue weighted by Crippen LogP contribution is 2.41. The number of rotatable bonds is 7. The molecule has 2 aliphatic carbocycles. The van der Waals surface area contributed by atoms with Gasteiger partial charge < -0.3 is 10.5 Å². The van der Waals surface area contributed by atoms with Crippen molar-refractivity contribution in [3.05, 3.63) is 40.3 Å². The van der Waals surface area contributed by atoms with E-state index in [1.54, 1.807) is 12.1 Å². The van der Waals surface area contributed by atoms with Crippen molar-refractivity contribution in [3.8, 4) is 5.75 Å². The van der Waals surface area contributed by atoms with Crippen LogP contribution in [0.1, 0.15) is 65.9 Å². The topological polar surface area (TPSA) is 86.5 Å². The van der Waals surface area contributed by atoms with E-state index in [1.165, 1.54) is 24.5 Å². The average Bonchev–Trinajstić information content (AvgIpc) is 3.17. The number of carbonyl (C=O) groups is 1. The van der Waals surface area contributed by atoms with E-state index >= 15 is 0 Å². The number of primary amides is 1. The minimum absolute atomic E-state index is 0.134. The van der Waals surface area contributed by atoms with E-state index < -0.39 is 15.7 Å². The van der Waals surface area contributed by atoms with Gasteiger partial charge in [0.05, 0.1) is 11.7 Å². The van der Waals surface area contributed by atoms with Crippen LogP contribution in [0.2, 0.25) is 0 Å². The zero-order valence-electron chi connectivity index (χ0n) is 14.5. The van der Waals surface area contributed by atoms with Crippen molar-refractivity contribution in [2.75, 3.05) is 6.26 Å². The van der Waals surface area contributed by atoms with E-state index in [0.29, 0.717) is 23.7 Å². The Morgan fingerprint density at radius 3 is 2.48 bits per heavy atom. The summed E-state index contributed by atoms with van der Waals surface area (Å²) >= 11 is 0. The number of ether oxygens (including phenoxy) is 1. The molecule has 2 saturated carbocycles. The van der Waals surface area contributed by atoms with Crippen LogP contribution in [0, 0.1) is 0 Å². The lowest BCUT2D eigenvalue weighted by Crippen LogP contribution is -2.16. The highest BCUT2D eigenvalue weighted by molar-refractivity contribution is 7.93. The lowest BCUT2D eigenvalue weighted by atomic mass is 9.89. The minimum atomic E-state index is -3.19. The first-order chi connectivity index (χ1) is 11.8. The van der Waals surface area contributed by atoms with Crippen LogP contribution in [-0.4, -0.2) is 26.7 Å². The van der Waals surface area contributed by atoms with Crippen LogP contribution in [0.5, 0.6) is 5.75 Å². The maximum Gasteiger partial charge on any atom is 0.252 e. The van der Waals surface area contributed by atoms with Gasteiger partial charge in [0.25, 0.3) is 5.91 Å². The Morgan fingerprint density at radius 1 is 1.24 bits per heavy atom. The predicted octanol–water partition coefficient (Wildman–Crippen LogP) is 3.09. The predicted molar refractivity (Wildman–Crippen MR) is 97.5 cm³/mol. The van der Waals surface area contributed by atoms with Gasteiger partial charge in [-0.3, -0.25) is 4.79 Å². The van der Waals surface area contributed by atoms with Gasteiger partial charge in [0, 0.05) is 17.2 Å². The van der Waals surface area contributed by atoms with Crippen molar-refractivity contribution >= 4 is 15.7 Å². The third-order valence-electron chi connectivity index (χ3n) is 4.83. The summed E-state index contributed by atoms with van der Waals surface area (Å²) in [6.07, 6.45) is 9.92. The van der Waals surface area contributed by atoms with E-state index in [9.17, 15) is 13.2 Å². The summed E-state index contributed by atoms with van der Waals surface area (Å²) in [5.74, 6) is 0.477. The molecule has 5 nitrogen and oxygen atoms in total. The first-order valence-corrected chi connectivity index (χ1v) is 10.8. The van der Waals surface area contributed by atoms with Crippen LogP contribution in [0.25, 0.3) is 0 Å². The Balaban J connectivity index is 2.04. The summed E-state index contributed by atoms with van der Waals surface area (Å²) in [7, 11) is -3.19. The standard InChI is InChI=1S/C19H25NO4S/c1-25(22,23)12-4-7-16-15(13-5-2-3-6-13)10-11-17(19(20)21)18(16)24-14-8-9-14/h4,10-14H,2-3,5-9H2,1H3,(H2,20,21)/b12-4+. The van der Waals surface area contributed by atoms with Gasteiger partial charge in [-0.1, -0.05) is 25.0 Å². The Labute approximate surface area is 149 Å². The number of hydrogen-bond acceptors (Lipinski definition) is 4. The second-order valence-electron chi connectivity index (χ2n) is 7.08. The maximum atomic E-state index is 11.9. The summed E-state index contributed by atoms with van der Waals surface area (Å²) in [6, 6.07) is 3.73. The van der Waals surface area contributed by atoms with Crippen molar-refractivity contribution in [2.24, 2.45) is 5.73 Å². The molecule has 0 aliphatic heterocycles. The Bertz CT molecular complexity index is 788. The second kappa shape index (κ2) is 7.20. The van der Waals surface area contributed by atoms with Gasteiger partial charge in [-0.2, -0.15) is 0 Å². The molecule has 0 radical (unpaired) electrons. The van der Waals surface area contributed by atoms with Crippen molar-refractivity contribution in [3.63, 3.8) is 0 Å². The second-order valence-corrected chi connectivity index (χ2v) is 9.01. The molecule has 0 aromatic heterocycles. The molecule has 0 heterocycles. The van der Waals surface area contributed by atoms with Gasteiger partial charge in [-0.15, -0.1) is 0 Å². The first-order valence-electron chi connectivity index (χ1n) is 8.84. The number of carbonyl (C=O) groups excluding carboxylic acids is 1. The summed E-state index contributed by atoms with van der Waals surface area (Å²) in [5.41, 5.74) is 8.01. The fourth-order valence-corrected chi connectivity index (χ4v) is 3.94. The highest BCUT2D eigenvalue weighted by Gasteiger charge is 2.29. The van der Waals surface area contributed by atoms with E-state index in [-0.39, 0.29) is 6.10 Å². The molecule has 0 bridgehead atoms. The number of nitrogens with two attached hydrogens (primary N) is 1. The molecule has 0 unspecified atom stereocenters. The van der Waals surface area contributed by atoms with Crippen molar-refractivity contribution in [1.82, 2.24) is 0 Å². The van der Waals surface area contributed by atoms with Gasteiger partial charge >= 0.3 is 0 Å². The summed E-state index contributed by atoms with van der Waals surface area (Å²) < 4.78 is 28.9. The molecule has 1 aromatic carbocycles. The average molecular weight is 363 g/mol. The Hall–Kier alpha value is -1.82. The molecule has 1 aromatic rings. The molecule has 2 aliphatic rings. The third kappa shape index (κ3) is 4.63. The van der Waals surface area contributed by atoms with Gasteiger partial charge in [-0.25, -0.2) is 8.42 Å². The number of sulfone groups is 1. The lowest BCUT2D eigenvalue weighted by molar-refractivity contribution is 0.0995. The molecule has 2 N–H and O–H groups in total. The van der Waals surface area contributed by atoms with Crippen LogP contribution >= 0.6 is 0 Å². The van der Waals surface area contributed by atoms with Gasteiger partial charge in [-0.05, 0) is 49.7 Å². The molecule has 1 amide bonds. The molecule has 0 saturated heterocycles. The fourth-order valence-electron chi connectivity index (χ4n) is 3.49. The third-order valence-corrected chi connectivity index (χ3v) is 5.52. The highest BCUT2D eigenvalue weighted by atomic mass is 32.2. The Morgan fingerprint density at radius 2 is 1.92 bits per heavy atom. The fraction of sp³-hybridized carbons (Fsp3) is 0.526. The van der Waals surface area contributed by atoms with Gasteiger partial charge in [0.1, 0.15) is 5.75 Å². The molecule has 0 spiro atoms. The van der Waals surface area contributed by atoms with E-state index in [1.807, 2.05) is 6.07 Å². The smallest absolute Gasteiger partial charge is 0.252 e. The van der Waals surface area contributed by atoms with E-state index in [4.69, 9.17) is 10.5 Å². The zero-order valence-corrected chi connectivity index (χ0v) is 15.3. The van der Waals surface area contributed by atoms with Crippen LogP contribution in [0.15, 0.2) is 23.6 Å². The molecule has 0 atom stereocenters. The largest absolute Gasteiger partial charge is 0.489 e. The molecule has 6 heteroatoms. The molecule has 2 fully saturated rings. The molecular weight excluding hydrogens is 338 g/mol. The number of amides is 1. The van der Waals surface area contributed by atoms with Gasteiger partial charge in [0.2, 0.25) is 0 Å². The Kier molecular flexibility index (Phi) is 5.18. The van der Waals surface area contributed by atoms with E-state index in [2.05, 4.69) is 0 Å². The minimum Gasteiger partial charge on any atom is -0.489 e. The van der Waals surface area contributed by atoms with Crippen LogP contribution in [0.3, 0.4) is 0 Å². The van der Waals surface area contributed by atoms with Crippen LogP contribution < -0.4 is 10.5 Å². The zero-order chi connectivity index (χ0) is 18.0. The maximum absolute atomic E-state index is 11.9. The summed E-state index contributed by atoms with van der Waals surface area (Å²) in [4.78, 5) is 11.9. The molecule has 136 valence electrons. The number of benzene rings is 1. The normalized spacial score (nSPS) is 18.8. The van der Waals surface area contributed by atoms with Crippen molar-refractivity contribution in [1.29, 1.82) is 0 Å². The molecule has 3 rings (SSSR count). The van der Waals surface area contributed by atoms with Crippen molar-refractivity contribution in [2.45, 2.75) is 57.0 Å². The first kappa shape index (κ1) is 18.0. The van der Waals surface area contributed by atoms with Crippen LogP contribution in [-0.2, 0) is 16.3 Å². The summed E-state index contributed by atoms with van der Waals surface area (Å²) in [6.45, 7) is 0. The van der Waals surface area contributed by atoms with Crippen molar-refractivity contribution < 1.29 is 17.9 Å². The van der Waals surface area contributed by atoms with E-state index in [0.717, 1.165) is 36.8 Å². The molecule has 25 heavy (non-hydrogen) atoms. The monoisotopic (exact) mass is 363 g/mol. The number of hydrogen-bond donors (Lipinski definition) is 1.